The maximum Gasteiger partial charge on any atom is 0.264 e. The van der Waals surface area contributed by atoms with Crippen LogP contribution in [0.3, 0.4) is 0 Å². The quantitative estimate of drug-likeness (QED) is 0.689. The van der Waals surface area contributed by atoms with E-state index in [9.17, 15) is 9.59 Å². The highest BCUT2D eigenvalue weighted by Crippen LogP contribution is 2.18. The molecule has 8 nitrogen and oxygen atoms in total. The molecule has 0 spiro atoms. The lowest BCUT2D eigenvalue weighted by Gasteiger charge is -2.25. The van der Waals surface area contributed by atoms with E-state index in [4.69, 9.17) is 9.15 Å². The standard InChI is InChI=1S/C18H24N4O4S2/c1-12(2)7-17-20-21-18(28-17)19-16(24)11-26-15-10-25-13(8-14(15)23)9-22-3-5-27-6-4-22/h8,10,12H,3-7,9,11H2,1-2H3,(H,19,21,24). The molecule has 0 bridgehead atoms. The molecule has 152 valence electrons. The van der Waals surface area contributed by atoms with E-state index in [1.54, 1.807) is 0 Å². The Morgan fingerprint density at radius 3 is 2.86 bits per heavy atom. The summed E-state index contributed by atoms with van der Waals surface area (Å²) in [6.45, 7) is 6.46. The first kappa shape index (κ1) is 20.8. The van der Waals surface area contributed by atoms with Gasteiger partial charge in [0, 0.05) is 37.1 Å². The Kier molecular flexibility index (Phi) is 7.46. The predicted octanol–water partition coefficient (Wildman–Crippen LogP) is 2.26. The average molecular weight is 425 g/mol. The molecule has 1 amide bonds. The second-order valence-electron chi connectivity index (χ2n) is 6.90. The number of anilines is 1. The number of carbonyl (C=O) groups is 1. The van der Waals surface area contributed by atoms with Gasteiger partial charge in [-0.25, -0.2) is 0 Å². The first-order valence-corrected chi connectivity index (χ1v) is 11.1. The summed E-state index contributed by atoms with van der Waals surface area (Å²) in [7, 11) is 0. The molecule has 0 aromatic carbocycles. The van der Waals surface area contributed by atoms with E-state index in [0.717, 1.165) is 36.0 Å². The third kappa shape index (κ3) is 6.32. The van der Waals surface area contributed by atoms with Crippen LogP contribution in [-0.4, -0.2) is 52.2 Å². The number of aromatic nitrogens is 2. The summed E-state index contributed by atoms with van der Waals surface area (Å²) in [6, 6.07) is 1.43. The second-order valence-corrected chi connectivity index (χ2v) is 9.19. The molecular weight excluding hydrogens is 400 g/mol. The maximum atomic E-state index is 12.2. The van der Waals surface area contributed by atoms with Crippen molar-refractivity contribution in [3.8, 4) is 5.75 Å². The number of thioether (sulfide) groups is 1. The van der Waals surface area contributed by atoms with Crippen molar-refractivity contribution in [1.29, 1.82) is 0 Å². The first-order valence-electron chi connectivity index (χ1n) is 9.16. The molecule has 2 aromatic heterocycles. The third-order valence-corrected chi connectivity index (χ3v) is 5.79. The van der Waals surface area contributed by atoms with Gasteiger partial charge in [0.15, 0.2) is 6.61 Å². The fourth-order valence-corrected chi connectivity index (χ4v) is 4.59. The van der Waals surface area contributed by atoms with Gasteiger partial charge in [0.25, 0.3) is 5.91 Å². The van der Waals surface area contributed by atoms with E-state index in [-0.39, 0.29) is 17.8 Å². The van der Waals surface area contributed by atoms with E-state index < -0.39 is 5.91 Å². The lowest BCUT2D eigenvalue weighted by molar-refractivity contribution is -0.118. The molecule has 0 unspecified atom stereocenters. The average Bonchev–Trinajstić information content (AvgIpc) is 3.08. The lowest BCUT2D eigenvalue weighted by atomic mass is 10.1. The molecule has 0 radical (unpaired) electrons. The molecule has 1 N–H and O–H groups in total. The Balaban J connectivity index is 1.49. The summed E-state index contributed by atoms with van der Waals surface area (Å²) in [5, 5.41) is 11.9. The van der Waals surface area contributed by atoms with Crippen LogP contribution in [0, 0.1) is 5.92 Å². The SMILES string of the molecule is CC(C)Cc1nnc(NC(=O)COc2coc(CN3CCSCC3)cc2=O)s1. The van der Waals surface area contributed by atoms with E-state index >= 15 is 0 Å². The smallest absolute Gasteiger partial charge is 0.264 e. The number of amides is 1. The Labute approximate surface area is 171 Å². The normalized spacial score (nSPS) is 15.0. The molecular formula is C18H24N4O4S2. The summed E-state index contributed by atoms with van der Waals surface area (Å²) in [5.41, 5.74) is -0.296. The van der Waals surface area contributed by atoms with Crippen LogP contribution in [0.15, 0.2) is 21.5 Å². The summed E-state index contributed by atoms with van der Waals surface area (Å²) in [5.74, 6) is 2.87. The van der Waals surface area contributed by atoms with Crippen molar-refractivity contribution in [2.45, 2.75) is 26.8 Å². The fraction of sp³-hybridized carbons (Fsp3) is 0.556. The zero-order valence-electron chi connectivity index (χ0n) is 16.0. The van der Waals surface area contributed by atoms with Crippen molar-refractivity contribution < 1.29 is 13.9 Å². The van der Waals surface area contributed by atoms with Crippen LogP contribution >= 0.6 is 23.1 Å². The molecule has 28 heavy (non-hydrogen) atoms. The van der Waals surface area contributed by atoms with Crippen LogP contribution < -0.4 is 15.5 Å². The third-order valence-electron chi connectivity index (χ3n) is 3.99. The van der Waals surface area contributed by atoms with Crippen LogP contribution in [0.5, 0.6) is 5.75 Å². The number of nitrogens with zero attached hydrogens (tertiary/aromatic N) is 3. The molecule has 3 heterocycles. The molecule has 0 aliphatic carbocycles. The largest absolute Gasteiger partial charge is 0.477 e. The highest BCUT2D eigenvalue weighted by atomic mass is 32.2. The number of hydrogen-bond donors (Lipinski definition) is 1. The van der Waals surface area contributed by atoms with Crippen LogP contribution in [-0.2, 0) is 17.8 Å². The lowest BCUT2D eigenvalue weighted by Crippen LogP contribution is -2.32. The Morgan fingerprint density at radius 2 is 2.14 bits per heavy atom. The van der Waals surface area contributed by atoms with E-state index in [1.165, 1.54) is 23.7 Å². The van der Waals surface area contributed by atoms with Gasteiger partial charge in [0.05, 0.1) is 6.54 Å². The number of carbonyl (C=O) groups excluding carboxylic acids is 1. The van der Waals surface area contributed by atoms with Crippen molar-refractivity contribution in [2.75, 3.05) is 36.5 Å². The van der Waals surface area contributed by atoms with Crippen molar-refractivity contribution in [3.63, 3.8) is 0 Å². The highest BCUT2D eigenvalue weighted by Gasteiger charge is 2.14. The number of ether oxygens (including phenoxy) is 1. The molecule has 1 aliphatic heterocycles. The van der Waals surface area contributed by atoms with Gasteiger partial charge in [-0.2, -0.15) is 11.8 Å². The van der Waals surface area contributed by atoms with Crippen molar-refractivity contribution in [3.05, 3.63) is 33.3 Å². The maximum absolute atomic E-state index is 12.2. The van der Waals surface area contributed by atoms with E-state index in [1.807, 2.05) is 11.8 Å². The first-order chi connectivity index (χ1) is 13.5. The van der Waals surface area contributed by atoms with Gasteiger partial charge in [-0.3, -0.25) is 19.8 Å². The predicted molar refractivity (Wildman–Crippen MR) is 110 cm³/mol. The van der Waals surface area contributed by atoms with Gasteiger partial charge >= 0.3 is 0 Å². The van der Waals surface area contributed by atoms with Crippen molar-refractivity contribution in [2.24, 2.45) is 5.92 Å². The zero-order chi connectivity index (χ0) is 19.9. The van der Waals surface area contributed by atoms with Crippen LogP contribution in [0.25, 0.3) is 0 Å². The van der Waals surface area contributed by atoms with Crippen molar-refractivity contribution in [1.82, 2.24) is 15.1 Å². The van der Waals surface area contributed by atoms with Crippen molar-refractivity contribution >= 4 is 34.1 Å². The van der Waals surface area contributed by atoms with Crippen LogP contribution in [0.2, 0.25) is 0 Å². The number of nitrogens with one attached hydrogen (secondary N) is 1. The monoisotopic (exact) mass is 424 g/mol. The van der Waals surface area contributed by atoms with E-state index in [2.05, 4.69) is 34.3 Å². The summed E-state index contributed by atoms with van der Waals surface area (Å²) < 4.78 is 10.8. The van der Waals surface area contributed by atoms with Gasteiger partial charge in [-0.05, 0) is 5.92 Å². The minimum atomic E-state index is -0.401. The summed E-state index contributed by atoms with van der Waals surface area (Å²) >= 11 is 3.27. The molecule has 1 saturated heterocycles. The summed E-state index contributed by atoms with van der Waals surface area (Å²) in [6.07, 6.45) is 2.09. The van der Waals surface area contributed by atoms with E-state index in [0.29, 0.717) is 23.4 Å². The van der Waals surface area contributed by atoms with Gasteiger partial charge < -0.3 is 9.15 Å². The Hall–Kier alpha value is -1.91. The minimum absolute atomic E-state index is 0.0193. The second kappa shape index (κ2) is 10.0. The zero-order valence-corrected chi connectivity index (χ0v) is 17.6. The Bertz CT molecular complexity index is 846. The molecule has 0 atom stereocenters. The van der Waals surface area contributed by atoms with Crippen LogP contribution in [0.4, 0.5) is 5.13 Å². The molecule has 1 fully saturated rings. The topological polar surface area (TPSA) is 97.6 Å². The fourth-order valence-electron chi connectivity index (χ4n) is 2.64. The molecule has 3 rings (SSSR count). The van der Waals surface area contributed by atoms with Gasteiger partial charge in [0.1, 0.15) is 17.0 Å². The molecule has 2 aromatic rings. The number of hydrogen-bond acceptors (Lipinski definition) is 9. The van der Waals surface area contributed by atoms with Gasteiger partial charge in [-0.15, -0.1) is 10.2 Å². The number of rotatable bonds is 8. The summed E-state index contributed by atoms with van der Waals surface area (Å²) in [4.78, 5) is 26.5. The molecule has 0 saturated carbocycles. The van der Waals surface area contributed by atoms with Crippen LogP contribution in [0.1, 0.15) is 24.6 Å². The minimum Gasteiger partial charge on any atom is -0.477 e. The Morgan fingerprint density at radius 1 is 1.36 bits per heavy atom. The molecule has 10 heteroatoms. The highest BCUT2D eigenvalue weighted by molar-refractivity contribution is 7.99. The molecule has 1 aliphatic rings. The van der Waals surface area contributed by atoms with Gasteiger partial charge in [0.2, 0.25) is 16.3 Å². The van der Waals surface area contributed by atoms with Gasteiger partial charge in [-0.1, -0.05) is 25.2 Å².